The third-order valence-corrected chi connectivity index (χ3v) is 6.51. The van der Waals surface area contributed by atoms with Crippen molar-refractivity contribution in [2.24, 2.45) is 11.8 Å². The predicted octanol–water partition coefficient (Wildman–Crippen LogP) is 4.23. The van der Waals surface area contributed by atoms with Gasteiger partial charge in [-0.15, -0.1) is 11.3 Å². The normalized spacial score (nSPS) is 21.7. The molecule has 1 aromatic carbocycles. The van der Waals surface area contributed by atoms with Gasteiger partial charge in [0.1, 0.15) is 6.54 Å². The SMILES string of the molecule is O=C(CN1C(=O)C2CCCCC2C1=O)Nc1nc(-c2cc(Cl)ccc2Cl)cs1. The number of hydrogen-bond donors (Lipinski definition) is 1. The first kappa shape index (κ1) is 19.4. The molecule has 28 heavy (non-hydrogen) atoms. The molecule has 2 heterocycles. The standard InChI is InChI=1S/C19H17Cl2N3O3S/c20-10-5-6-14(21)13(7-10)15-9-28-19(22-15)23-16(25)8-24-17(26)11-3-1-2-4-12(11)18(24)27/h5-7,9,11-12H,1-4,8H2,(H,22,23,25). The molecule has 1 saturated heterocycles. The van der Waals surface area contributed by atoms with E-state index in [2.05, 4.69) is 10.3 Å². The van der Waals surface area contributed by atoms with Crippen LogP contribution >= 0.6 is 34.5 Å². The number of fused-ring (bicyclic) bond motifs is 1. The Bertz CT molecular complexity index is 938. The molecule has 9 heteroatoms. The number of hydrogen-bond acceptors (Lipinski definition) is 5. The number of imide groups is 1. The van der Waals surface area contributed by atoms with Crippen molar-refractivity contribution in [2.75, 3.05) is 11.9 Å². The van der Waals surface area contributed by atoms with E-state index in [1.165, 1.54) is 11.3 Å². The number of nitrogens with zero attached hydrogens (tertiary/aromatic N) is 2. The Morgan fingerprint density at radius 1 is 1.18 bits per heavy atom. The van der Waals surface area contributed by atoms with Crippen LogP contribution in [0.4, 0.5) is 5.13 Å². The second-order valence-electron chi connectivity index (χ2n) is 6.97. The summed E-state index contributed by atoms with van der Waals surface area (Å²) in [5, 5.41) is 5.82. The molecule has 6 nitrogen and oxygen atoms in total. The minimum Gasteiger partial charge on any atom is -0.300 e. The minimum atomic E-state index is -0.446. The summed E-state index contributed by atoms with van der Waals surface area (Å²) in [6, 6.07) is 5.07. The quantitative estimate of drug-likeness (QED) is 0.725. The molecule has 0 bridgehead atoms. The van der Waals surface area contributed by atoms with Gasteiger partial charge in [-0.2, -0.15) is 0 Å². The van der Waals surface area contributed by atoms with Crippen LogP contribution in [0.2, 0.25) is 10.0 Å². The summed E-state index contributed by atoms with van der Waals surface area (Å²) in [6.07, 6.45) is 3.36. The zero-order chi connectivity index (χ0) is 19.8. The third kappa shape index (κ3) is 3.66. The Morgan fingerprint density at radius 3 is 2.54 bits per heavy atom. The first-order chi connectivity index (χ1) is 13.4. The van der Waals surface area contributed by atoms with E-state index in [1.54, 1.807) is 23.6 Å². The maximum Gasteiger partial charge on any atom is 0.246 e. The number of anilines is 1. The molecule has 1 saturated carbocycles. The van der Waals surface area contributed by atoms with Gasteiger partial charge in [-0.1, -0.05) is 36.0 Å². The largest absolute Gasteiger partial charge is 0.300 e. The lowest BCUT2D eigenvalue weighted by Crippen LogP contribution is -2.38. The van der Waals surface area contributed by atoms with Gasteiger partial charge in [0, 0.05) is 16.0 Å². The zero-order valence-corrected chi connectivity index (χ0v) is 17.1. The molecular formula is C19H17Cl2N3O3S. The molecule has 2 unspecified atom stereocenters. The number of halogens is 2. The lowest BCUT2D eigenvalue weighted by Gasteiger charge is -2.19. The molecule has 146 valence electrons. The van der Waals surface area contributed by atoms with Crippen LogP contribution in [0.15, 0.2) is 23.6 Å². The number of benzene rings is 1. The number of thiazole rings is 1. The van der Waals surface area contributed by atoms with Gasteiger partial charge in [-0.25, -0.2) is 4.98 Å². The van der Waals surface area contributed by atoms with Crippen molar-refractivity contribution in [3.05, 3.63) is 33.6 Å². The summed E-state index contributed by atoms with van der Waals surface area (Å²) in [5.74, 6) is -1.42. The topological polar surface area (TPSA) is 79.4 Å². The summed E-state index contributed by atoms with van der Waals surface area (Å²) in [6.45, 7) is -0.280. The summed E-state index contributed by atoms with van der Waals surface area (Å²) in [7, 11) is 0. The second kappa shape index (κ2) is 7.81. The van der Waals surface area contributed by atoms with Crippen molar-refractivity contribution in [1.29, 1.82) is 0 Å². The van der Waals surface area contributed by atoms with Crippen molar-refractivity contribution in [3.8, 4) is 11.3 Å². The zero-order valence-electron chi connectivity index (χ0n) is 14.8. The molecular weight excluding hydrogens is 421 g/mol. The van der Waals surface area contributed by atoms with Crippen LogP contribution in [0.25, 0.3) is 11.3 Å². The average molecular weight is 438 g/mol. The molecule has 1 N–H and O–H groups in total. The molecule has 2 fully saturated rings. The van der Waals surface area contributed by atoms with Gasteiger partial charge in [0.05, 0.1) is 22.6 Å². The maximum absolute atomic E-state index is 12.5. The van der Waals surface area contributed by atoms with Gasteiger partial charge >= 0.3 is 0 Å². The number of aromatic nitrogens is 1. The van der Waals surface area contributed by atoms with E-state index in [9.17, 15) is 14.4 Å². The van der Waals surface area contributed by atoms with Crippen LogP contribution in [0, 0.1) is 11.8 Å². The van der Waals surface area contributed by atoms with E-state index < -0.39 is 5.91 Å². The number of rotatable bonds is 4. The van der Waals surface area contributed by atoms with E-state index in [0.717, 1.165) is 30.6 Å². The first-order valence-electron chi connectivity index (χ1n) is 9.00. The summed E-state index contributed by atoms with van der Waals surface area (Å²) in [4.78, 5) is 42.8. The molecule has 1 aromatic heterocycles. The highest BCUT2D eigenvalue weighted by Gasteiger charge is 2.48. The Kier molecular flexibility index (Phi) is 5.40. The monoisotopic (exact) mass is 437 g/mol. The van der Waals surface area contributed by atoms with Crippen LogP contribution < -0.4 is 5.32 Å². The van der Waals surface area contributed by atoms with Crippen LogP contribution in [0.5, 0.6) is 0 Å². The number of nitrogens with one attached hydrogen (secondary N) is 1. The van der Waals surface area contributed by atoms with Crippen molar-refractivity contribution < 1.29 is 14.4 Å². The lowest BCUT2D eigenvalue weighted by molar-refractivity contribution is -0.142. The van der Waals surface area contributed by atoms with Crippen molar-refractivity contribution in [2.45, 2.75) is 25.7 Å². The van der Waals surface area contributed by atoms with E-state index in [-0.39, 0.29) is 30.2 Å². The third-order valence-electron chi connectivity index (χ3n) is 5.19. The summed E-state index contributed by atoms with van der Waals surface area (Å²) >= 11 is 13.4. The van der Waals surface area contributed by atoms with Crippen molar-refractivity contribution in [3.63, 3.8) is 0 Å². The lowest BCUT2D eigenvalue weighted by atomic mass is 9.81. The summed E-state index contributed by atoms with van der Waals surface area (Å²) in [5.41, 5.74) is 1.26. The van der Waals surface area contributed by atoms with Crippen LogP contribution in [-0.2, 0) is 14.4 Å². The molecule has 1 aliphatic heterocycles. The van der Waals surface area contributed by atoms with Gasteiger partial charge in [-0.05, 0) is 31.0 Å². The Morgan fingerprint density at radius 2 is 1.86 bits per heavy atom. The van der Waals surface area contributed by atoms with Crippen molar-refractivity contribution >= 4 is 57.4 Å². The van der Waals surface area contributed by atoms with E-state index in [4.69, 9.17) is 23.2 Å². The molecule has 2 atom stereocenters. The minimum absolute atomic E-state index is 0.226. The molecule has 2 aliphatic rings. The van der Waals surface area contributed by atoms with Gasteiger partial charge < -0.3 is 5.32 Å². The van der Waals surface area contributed by atoms with Gasteiger partial charge in [0.25, 0.3) is 0 Å². The van der Waals surface area contributed by atoms with E-state index >= 15 is 0 Å². The highest BCUT2D eigenvalue weighted by Crippen LogP contribution is 2.38. The summed E-state index contributed by atoms with van der Waals surface area (Å²) < 4.78 is 0. The van der Waals surface area contributed by atoms with Crippen LogP contribution in [0.3, 0.4) is 0 Å². The Labute approximate surface area is 175 Å². The molecule has 1 aliphatic carbocycles. The molecule has 3 amide bonds. The predicted molar refractivity (Wildman–Crippen MR) is 108 cm³/mol. The fraction of sp³-hybridized carbons (Fsp3) is 0.368. The van der Waals surface area contributed by atoms with Gasteiger partial charge in [-0.3, -0.25) is 19.3 Å². The smallest absolute Gasteiger partial charge is 0.246 e. The molecule has 0 radical (unpaired) electrons. The fourth-order valence-corrected chi connectivity index (χ4v) is 4.95. The Hall–Kier alpha value is -1.96. The molecule has 2 aromatic rings. The maximum atomic E-state index is 12.5. The number of amides is 3. The average Bonchev–Trinajstić information content (AvgIpc) is 3.23. The number of carbonyl (C=O) groups is 3. The molecule has 4 rings (SSSR count). The number of likely N-dealkylation sites (tertiary alicyclic amines) is 1. The molecule has 0 spiro atoms. The van der Waals surface area contributed by atoms with Gasteiger partial charge in [0.2, 0.25) is 17.7 Å². The van der Waals surface area contributed by atoms with E-state index in [1.807, 2.05) is 0 Å². The van der Waals surface area contributed by atoms with Gasteiger partial charge in [0.15, 0.2) is 5.13 Å². The van der Waals surface area contributed by atoms with E-state index in [0.29, 0.717) is 26.4 Å². The van der Waals surface area contributed by atoms with Crippen LogP contribution in [-0.4, -0.2) is 34.2 Å². The highest BCUT2D eigenvalue weighted by atomic mass is 35.5. The number of carbonyl (C=O) groups excluding carboxylic acids is 3. The van der Waals surface area contributed by atoms with Crippen LogP contribution in [0.1, 0.15) is 25.7 Å². The Balaban J connectivity index is 1.43. The highest BCUT2D eigenvalue weighted by molar-refractivity contribution is 7.14. The fourth-order valence-electron chi connectivity index (χ4n) is 3.84. The van der Waals surface area contributed by atoms with Crippen molar-refractivity contribution in [1.82, 2.24) is 9.88 Å². The first-order valence-corrected chi connectivity index (χ1v) is 10.6. The second-order valence-corrected chi connectivity index (χ2v) is 8.67.